The van der Waals surface area contributed by atoms with Gasteiger partial charge in [0.2, 0.25) is 0 Å². The maximum absolute atomic E-state index is 9.37. The number of hydrogen-bond acceptors (Lipinski definition) is 2. The third-order valence-corrected chi connectivity index (χ3v) is 0.489. The molecular formula is C2H3IO3. The van der Waals surface area contributed by atoms with Crippen molar-refractivity contribution in [2.45, 2.75) is 0 Å². The summed E-state index contributed by atoms with van der Waals surface area (Å²) in [6.07, 6.45) is -1.22. The van der Waals surface area contributed by atoms with Gasteiger partial charge < -0.3 is 9.84 Å². The molecule has 0 rings (SSSR count). The second-order valence-corrected chi connectivity index (χ2v) is 1.14. The molecule has 0 spiro atoms. The van der Waals surface area contributed by atoms with Crippen LogP contribution in [0.5, 0.6) is 0 Å². The van der Waals surface area contributed by atoms with E-state index in [9.17, 15) is 4.79 Å². The van der Waals surface area contributed by atoms with E-state index in [2.05, 4.69) is 4.74 Å². The van der Waals surface area contributed by atoms with Crippen molar-refractivity contribution in [2.75, 3.05) is 4.61 Å². The van der Waals surface area contributed by atoms with Crippen LogP contribution >= 0.6 is 22.6 Å². The number of hydrogen-bond donors (Lipinski definition) is 1. The Bertz CT molecular complexity index is 52.8. The Morgan fingerprint density at radius 3 is 2.50 bits per heavy atom. The van der Waals surface area contributed by atoms with E-state index in [-0.39, 0.29) is 4.61 Å². The Morgan fingerprint density at radius 2 is 2.50 bits per heavy atom. The van der Waals surface area contributed by atoms with Gasteiger partial charge in [-0.25, -0.2) is 4.79 Å². The predicted octanol–water partition coefficient (Wildman–Crippen LogP) is 1.07. The zero-order valence-corrected chi connectivity index (χ0v) is 5.01. The van der Waals surface area contributed by atoms with Crippen LogP contribution in [0.25, 0.3) is 0 Å². The van der Waals surface area contributed by atoms with Crippen LogP contribution in [0.2, 0.25) is 0 Å². The highest BCUT2D eigenvalue weighted by molar-refractivity contribution is 14.1. The maximum atomic E-state index is 9.37. The van der Waals surface area contributed by atoms with E-state index in [1.165, 1.54) is 0 Å². The molecule has 4 heteroatoms. The minimum Gasteiger partial charge on any atom is -0.450 e. The summed E-state index contributed by atoms with van der Waals surface area (Å²) in [4.78, 5) is 9.37. The summed E-state index contributed by atoms with van der Waals surface area (Å²) in [6, 6.07) is 0. The average molecular weight is 202 g/mol. The van der Waals surface area contributed by atoms with Gasteiger partial charge in [-0.3, -0.25) is 0 Å². The van der Waals surface area contributed by atoms with Crippen molar-refractivity contribution in [3.63, 3.8) is 0 Å². The van der Waals surface area contributed by atoms with Gasteiger partial charge in [0.1, 0.15) is 4.61 Å². The Balaban J connectivity index is 2.83. The van der Waals surface area contributed by atoms with Gasteiger partial charge in [-0.1, -0.05) is 0 Å². The first-order valence-electron chi connectivity index (χ1n) is 1.19. The fourth-order valence-electron chi connectivity index (χ4n) is 0.0467. The highest BCUT2D eigenvalue weighted by Gasteiger charge is 1.87. The van der Waals surface area contributed by atoms with Gasteiger partial charge in [-0.05, 0) is 22.6 Å². The molecular weight excluding hydrogens is 199 g/mol. The molecule has 0 saturated carbocycles. The van der Waals surface area contributed by atoms with Crippen molar-refractivity contribution < 1.29 is 14.6 Å². The molecule has 3 nitrogen and oxygen atoms in total. The minimum absolute atomic E-state index is 0.201. The molecule has 0 fully saturated rings. The Kier molecular flexibility index (Phi) is 3.20. The molecule has 0 bridgehead atoms. The first-order valence-corrected chi connectivity index (χ1v) is 2.71. The number of rotatable bonds is 1. The second kappa shape index (κ2) is 3.20. The average Bonchev–Trinajstić information content (AvgIpc) is 1.35. The molecule has 6 heavy (non-hydrogen) atoms. The van der Waals surface area contributed by atoms with Crippen LogP contribution in [0.15, 0.2) is 0 Å². The second-order valence-electron chi connectivity index (χ2n) is 0.519. The summed E-state index contributed by atoms with van der Waals surface area (Å²) in [6.45, 7) is 0. The monoisotopic (exact) mass is 202 g/mol. The van der Waals surface area contributed by atoms with Crippen molar-refractivity contribution in [3.8, 4) is 0 Å². The van der Waals surface area contributed by atoms with Crippen LogP contribution < -0.4 is 0 Å². The topological polar surface area (TPSA) is 46.5 Å². The van der Waals surface area contributed by atoms with E-state index in [1.807, 2.05) is 0 Å². The van der Waals surface area contributed by atoms with E-state index in [0.29, 0.717) is 0 Å². The van der Waals surface area contributed by atoms with E-state index >= 15 is 0 Å². The third-order valence-electron chi connectivity index (χ3n) is 0.178. The molecule has 0 aliphatic heterocycles. The fraction of sp³-hybridized carbons (Fsp3) is 0.500. The van der Waals surface area contributed by atoms with E-state index in [1.54, 1.807) is 22.6 Å². The number of halogens is 1. The normalized spacial score (nSPS) is 7.50. The number of ether oxygens (including phenoxy) is 1. The zero-order chi connectivity index (χ0) is 4.99. The quantitative estimate of drug-likeness (QED) is 0.393. The van der Waals surface area contributed by atoms with Gasteiger partial charge in [0.05, 0.1) is 0 Å². The van der Waals surface area contributed by atoms with Crippen LogP contribution in [0, 0.1) is 0 Å². The molecule has 0 heterocycles. The predicted molar refractivity (Wildman–Crippen MR) is 28.0 cm³/mol. The van der Waals surface area contributed by atoms with Crippen molar-refractivity contribution in [2.24, 2.45) is 0 Å². The van der Waals surface area contributed by atoms with Crippen molar-refractivity contribution in [1.82, 2.24) is 0 Å². The summed E-state index contributed by atoms with van der Waals surface area (Å²) in [7, 11) is 0. The van der Waals surface area contributed by atoms with Crippen LogP contribution in [0.1, 0.15) is 0 Å². The third kappa shape index (κ3) is 4.00. The fourth-order valence-corrected chi connectivity index (χ4v) is 0.313. The lowest BCUT2D eigenvalue weighted by atomic mass is 11.4. The lowest BCUT2D eigenvalue weighted by Gasteiger charge is -1.85. The summed E-state index contributed by atoms with van der Waals surface area (Å²) in [5, 5.41) is 7.69. The molecule has 0 atom stereocenters. The van der Waals surface area contributed by atoms with Crippen LogP contribution in [0.3, 0.4) is 0 Å². The Hall–Kier alpha value is 0. The summed E-state index contributed by atoms with van der Waals surface area (Å²) in [5.74, 6) is 0. The molecule has 0 aromatic carbocycles. The number of carboxylic acid groups (broad SMARTS) is 1. The van der Waals surface area contributed by atoms with E-state index in [0.717, 1.165) is 0 Å². The van der Waals surface area contributed by atoms with Crippen LogP contribution in [-0.4, -0.2) is 15.9 Å². The standard InChI is InChI=1S/C2H3IO3/c3-1-6-2(4)5/h1H2,(H,4,5). The molecule has 1 N–H and O–H groups in total. The molecule has 36 valence electrons. The molecule has 0 aliphatic rings. The zero-order valence-electron chi connectivity index (χ0n) is 2.85. The minimum atomic E-state index is -1.22. The van der Waals surface area contributed by atoms with Gasteiger partial charge >= 0.3 is 6.16 Å². The highest BCUT2D eigenvalue weighted by Crippen LogP contribution is 1.81. The van der Waals surface area contributed by atoms with E-state index in [4.69, 9.17) is 5.11 Å². The summed E-state index contributed by atoms with van der Waals surface area (Å²) < 4.78 is 4.15. The van der Waals surface area contributed by atoms with E-state index < -0.39 is 6.16 Å². The smallest absolute Gasteiger partial charge is 0.450 e. The first-order chi connectivity index (χ1) is 2.77. The molecule has 0 saturated heterocycles. The maximum Gasteiger partial charge on any atom is 0.506 e. The van der Waals surface area contributed by atoms with Crippen LogP contribution in [0.4, 0.5) is 4.79 Å². The van der Waals surface area contributed by atoms with Crippen LogP contribution in [-0.2, 0) is 4.74 Å². The molecule has 0 aromatic rings. The van der Waals surface area contributed by atoms with Crippen molar-refractivity contribution >= 4 is 28.7 Å². The lowest BCUT2D eigenvalue weighted by Crippen LogP contribution is -1.95. The Morgan fingerprint density at radius 1 is 2.00 bits per heavy atom. The number of alkyl halides is 1. The molecule has 0 aliphatic carbocycles. The Labute approximate surface area is 48.4 Å². The largest absolute Gasteiger partial charge is 0.506 e. The lowest BCUT2D eigenvalue weighted by molar-refractivity contribution is 0.111. The summed E-state index contributed by atoms with van der Waals surface area (Å²) in [5.41, 5.74) is 0. The highest BCUT2D eigenvalue weighted by atomic mass is 127. The SMILES string of the molecule is O=C(O)OCI. The van der Waals surface area contributed by atoms with Crippen molar-refractivity contribution in [1.29, 1.82) is 0 Å². The molecule has 0 aromatic heterocycles. The molecule has 0 radical (unpaired) electrons. The van der Waals surface area contributed by atoms with Gasteiger partial charge in [0.15, 0.2) is 0 Å². The molecule has 0 unspecified atom stereocenters. The van der Waals surface area contributed by atoms with Gasteiger partial charge in [0, 0.05) is 0 Å². The first kappa shape index (κ1) is 6.00. The summed E-state index contributed by atoms with van der Waals surface area (Å²) >= 11 is 1.80. The van der Waals surface area contributed by atoms with Crippen molar-refractivity contribution in [3.05, 3.63) is 0 Å². The van der Waals surface area contributed by atoms with Gasteiger partial charge in [0.25, 0.3) is 0 Å². The molecule has 0 amide bonds. The number of carbonyl (C=O) groups is 1. The van der Waals surface area contributed by atoms with Gasteiger partial charge in [-0.2, -0.15) is 0 Å². The van der Waals surface area contributed by atoms with Gasteiger partial charge in [-0.15, -0.1) is 0 Å².